The number of benzene rings is 1. The summed E-state index contributed by atoms with van der Waals surface area (Å²) in [5.41, 5.74) is -0.329. The van der Waals surface area contributed by atoms with Crippen molar-refractivity contribution >= 4 is 16.8 Å². The minimum atomic E-state index is -0.482. The highest BCUT2D eigenvalue weighted by molar-refractivity contribution is 5.78. The molecular weight excluding hydrogens is 320 g/mol. The van der Waals surface area contributed by atoms with Gasteiger partial charge in [-0.15, -0.1) is 0 Å². The molecule has 3 N–H and O–H groups in total. The van der Waals surface area contributed by atoms with E-state index in [4.69, 9.17) is 0 Å². The maximum atomic E-state index is 12.1. The first-order chi connectivity index (χ1) is 12.1. The Labute approximate surface area is 145 Å². The van der Waals surface area contributed by atoms with Crippen LogP contribution in [0.2, 0.25) is 0 Å². The number of hydrogen-bond donors (Lipinski definition) is 3. The summed E-state index contributed by atoms with van der Waals surface area (Å²) in [5.74, 6) is 0.547. The van der Waals surface area contributed by atoms with E-state index < -0.39 is 11.2 Å². The molecule has 1 aliphatic rings. The first kappa shape index (κ1) is 17.4. The van der Waals surface area contributed by atoms with Gasteiger partial charge in [0.2, 0.25) is 5.91 Å². The first-order valence-corrected chi connectivity index (χ1v) is 8.84. The molecule has 2 heterocycles. The molecule has 134 valence electrons. The van der Waals surface area contributed by atoms with E-state index in [9.17, 15) is 14.4 Å². The van der Waals surface area contributed by atoms with Crippen LogP contribution in [-0.2, 0) is 11.3 Å². The predicted molar refractivity (Wildman–Crippen MR) is 96.7 cm³/mol. The van der Waals surface area contributed by atoms with E-state index in [1.54, 1.807) is 24.3 Å². The third-order valence-electron chi connectivity index (χ3n) is 4.74. The van der Waals surface area contributed by atoms with Crippen molar-refractivity contribution in [3.63, 3.8) is 0 Å². The van der Waals surface area contributed by atoms with Crippen LogP contribution in [0.25, 0.3) is 10.9 Å². The van der Waals surface area contributed by atoms with Crippen LogP contribution < -0.4 is 21.9 Å². The van der Waals surface area contributed by atoms with Gasteiger partial charge in [-0.05, 0) is 50.4 Å². The highest BCUT2D eigenvalue weighted by Gasteiger charge is 2.13. The number of H-pyrrole nitrogens is 1. The van der Waals surface area contributed by atoms with E-state index in [2.05, 4.69) is 15.6 Å². The van der Waals surface area contributed by atoms with Gasteiger partial charge in [0.05, 0.1) is 10.9 Å². The molecule has 1 aromatic carbocycles. The molecule has 0 bridgehead atoms. The van der Waals surface area contributed by atoms with E-state index in [-0.39, 0.29) is 18.9 Å². The first-order valence-electron chi connectivity index (χ1n) is 8.84. The monoisotopic (exact) mass is 344 g/mol. The minimum Gasteiger partial charge on any atom is -0.356 e. The van der Waals surface area contributed by atoms with Gasteiger partial charge in [0.1, 0.15) is 0 Å². The Hall–Kier alpha value is -2.41. The number of amides is 1. The lowest BCUT2D eigenvalue weighted by molar-refractivity contribution is -0.121. The van der Waals surface area contributed by atoms with Gasteiger partial charge in [-0.3, -0.25) is 19.1 Å². The van der Waals surface area contributed by atoms with Crippen LogP contribution in [-0.4, -0.2) is 35.1 Å². The lowest BCUT2D eigenvalue weighted by atomic mass is 9.96. The second-order valence-corrected chi connectivity index (χ2v) is 6.53. The third kappa shape index (κ3) is 4.36. The fourth-order valence-electron chi connectivity index (χ4n) is 3.35. The molecule has 3 rings (SSSR count). The van der Waals surface area contributed by atoms with Crippen LogP contribution in [0, 0.1) is 5.92 Å². The van der Waals surface area contributed by atoms with Gasteiger partial charge in [-0.2, -0.15) is 0 Å². The van der Waals surface area contributed by atoms with E-state index in [1.807, 2.05) is 0 Å². The molecule has 1 saturated heterocycles. The molecule has 1 amide bonds. The van der Waals surface area contributed by atoms with E-state index >= 15 is 0 Å². The van der Waals surface area contributed by atoms with Gasteiger partial charge >= 0.3 is 5.69 Å². The van der Waals surface area contributed by atoms with Crippen molar-refractivity contribution in [2.24, 2.45) is 5.92 Å². The Morgan fingerprint density at radius 1 is 1.28 bits per heavy atom. The molecule has 0 saturated carbocycles. The summed E-state index contributed by atoms with van der Waals surface area (Å²) in [7, 11) is 0. The van der Waals surface area contributed by atoms with Crippen LogP contribution in [0.5, 0.6) is 0 Å². The Morgan fingerprint density at radius 2 is 2.12 bits per heavy atom. The maximum Gasteiger partial charge on any atom is 0.328 e. The van der Waals surface area contributed by atoms with Crippen LogP contribution >= 0.6 is 0 Å². The van der Waals surface area contributed by atoms with Crippen molar-refractivity contribution in [2.45, 2.75) is 32.2 Å². The second kappa shape index (κ2) is 8.11. The van der Waals surface area contributed by atoms with Crippen molar-refractivity contribution < 1.29 is 4.79 Å². The topological polar surface area (TPSA) is 96.0 Å². The number of hydrogen-bond acceptors (Lipinski definition) is 4. The van der Waals surface area contributed by atoms with Crippen molar-refractivity contribution in [3.8, 4) is 0 Å². The fraction of sp³-hybridized carbons (Fsp3) is 0.500. The molecule has 7 nitrogen and oxygen atoms in total. The summed E-state index contributed by atoms with van der Waals surface area (Å²) in [6.07, 6.45) is 3.58. The maximum absolute atomic E-state index is 12.1. The van der Waals surface area contributed by atoms with Crippen LogP contribution in [0.15, 0.2) is 33.9 Å². The summed E-state index contributed by atoms with van der Waals surface area (Å²) >= 11 is 0. The molecule has 25 heavy (non-hydrogen) atoms. The third-order valence-corrected chi connectivity index (χ3v) is 4.74. The Balaban J connectivity index is 1.56. The predicted octanol–water partition coefficient (Wildman–Crippen LogP) is 0.586. The van der Waals surface area contributed by atoms with Gasteiger partial charge < -0.3 is 10.6 Å². The van der Waals surface area contributed by atoms with Gasteiger partial charge in [0.15, 0.2) is 0 Å². The number of nitrogens with zero attached hydrogens (tertiary/aromatic N) is 1. The van der Waals surface area contributed by atoms with Crippen molar-refractivity contribution in [2.75, 3.05) is 19.6 Å². The summed E-state index contributed by atoms with van der Waals surface area (Å²) in [5, 5.41) is 6.74. The molecular formula is C18H24N4O3. The zero-order chi connectivity index (χ0) is 17.6. The smallest absolute Gasteiger partial charge is 0.328 e. The molecule has 7 heteroatoms. The van der Waals surface area contributed by atoms with Gasteiger partial charge in [0, 0.05) is 19.5 Å². The molecule has 0 aliphatic carbocycles. The quantitative estimate of drug-likeness (QED) is 0.714. The zero-order valence-electron chi connectivity index (χ0n) is 14.2. The number of carbonyl (C=O) groups excluding carboxylic acids is 1. The lowest BCUT2D eigenvalue weighted by Crippen LogP contribution is -2.34. The van der Waals surface area contributed by atoms with Crippen molar-refractivity contribution in [3.05, 3.63) is 45.1 Å². The zero-order valence-corrected chi connectivity index (χ0v) is 14.2. The van der Waals surface area contributed by atoms with Crippen LogP contribution in [0.1, 0.15) is 25.7 Å². The fourth-order valence-corrected chi connectivity index (χ4v) is 3.35. The largest absolute Gasteiger partial charge is 0.356 e. The summed E-state index contributed by atoms with van der Waals surface area (Å²) in [6, 6.07) is 6.91. The number of rotatable bonds is 6. The molecule has 1 aliphatic heterocycles. The average molecular weight is 344 g/mol. The molecule has 2 aromatic rings. The van der Waals surface area contributed by atoms with Crippen LogP contribution in [0.3, 0.4) is 0 Å². The molecule has 1 aromatic heterocycles. The molecule has 1 fully saturated rings. The highest BCUT2D eigenvalue weighted by Crippen LogP contribution is 2.13. The minimum absolute atomic E-state index is 0.0778. The molecule has 0 spiro atoms. The Bertz CT molecular complexity index is 849. The summed E-state index contributed by atoms with van der Waals surface area (Å²) < 4.78 is 1.45. The number of carbonyl (C=O) groups is 1. The van der Waals surface area contributed by atoms with Gasteiger partial charge in [0.25, 0.3) is 5.56 Å². The van der Waals surface area contributed by atoms with Gasteiger partial charge in [-0.25, -0.2) is 4.79 Å². The van der Waals surface area contributed by atoms with E-state index in [0.29, 0.717) is 23.4 Å². The number of nitrogens with one attached hydrogen (secondary N) is 3. The number of fused-ring (bicyclic) bond motifs is 1. The Kier molecular flexibility index (Phi) is 5.65. The van der Waals surface area contributed by atoms with E-state index in [1.165, 1.54) is 17.4 Å². The van der Waals surface area contributed by atoms with Gasteiger partial charge in [-0.1, -0.05) is 12.1 Å². The van der Waals surface area contributed by atoms with Crippen molar-refractivity contribution in [1.82, 2.24) is 20.2 Å². The summed E-state index contributed by atoms with van der Waals surface area (Å²) in [6.45, 7) is 3.01. The number of para-hydroxylation sites is 1. The number of aryl methyl sites for hydroxylation is 1. The SMILES string of the molecule is O=C(CCn1c(=O)[nH]c(=O)c2ccccc21)NCCC1CCCNC1. The highest BCUT2D eigenvalue weighted by atomic mass is 16.2. The Morgan fingerprint density at radius 3 is 2.92 bits per heavy atom. The second-order valence-electron chi connectivity index (χ2n) is 6.53. The number of aromatic amines is 1. The van der Waals surface area contributed by atoms with Crippen LogP contribution in [0.4, 0.5) is 0 Å². The molecule has 1 unspecified atom stereocenters. The lowest BCUT2D eigenvalue weighted by Gasteiger charge is -2.22. The number of aromatic nitrogens is 2. The molecule has 1 atom stereocenters. The van der Waals surface area contributed by atoms with E-state index in [0.717, 1.165) is 19.5 Å². The molecule has 0 radical (unpaired) electrons. The standard InChI is InChI=1S/C18H24N4O3/c23-16(20-10-7-13-4-3-9-19-12-13)8-11-22-15-6-2-1-5-14(15)17(24)21-18(22)25/h1-2,5-6,13,19H,3-4,7-12H2,(H,20,23)(H,21,24,25). The van der Waals surface area contributed by atoms with Crippen molar-refractivity contribution in [1.29, 1.82) is 0 Å². The normalized spacial score (nSPS) is 17.5. The average Bonchev–Trinajstić information content (AvgIpc) is 2.62. The number of piperidine rings is 1. The summed E-state index contributed by atoms with van der Waals surface area (Å²) in [4.78, 5) is 38.2.